The molecule has 1 heterocycles. The van der Waals surface area contributed by atoms with Crippen LogP contribution in [-0.2, 0) is 28.5 Å². The summed E-state index contributed by atoms with van der Waals surface area (Å²) >= 11 is 0. The third-order valence-corrected chi connectivity index (χ3v) is 3.73. The third kappa shape index (κ3) is 2.61. The van der Waals surface area contributed by atoms with E-state index in [0.717, 1.165) is 0 Å². The summed E-state index contributed by atoms with van der Waals surface area (Å²) in [6.07, 6.45) is -1.61. The number of methoxy groups -OCH3 is 2. The minimum Gasteiger partial charge on any atom is -0.460 e. The molecule has 0 amide bonds. The zero-order valence-corrected chi connectivity index (χ0v) is 11.3. The Morgan fingerprint density at radius 3 is 2.68 bits per heavy atom. The Hall–Kier alpha value is -0.730. The number of ether oxygens (including phenoxy) is 5. The van der Waals surface area contributed by atoms with Gasteiger partial charge in [0.05, 0.1) is 17.6 Å². The Balaban J connectivity index is 2.14. The van der Waals surface area contributed by atoms with E-state index in [-0.39, 0.29) is 13.6 Å². The number of aliphatic hydroxyl groups is 1. The maximum Gasteiger partial charge on any atom is 0.335 e. The normalized spacial score (nSPS) is 41.4. The van der Waals surface area contributed by atoms with Crippen LogP contribution in [0.2, 0.25) is 0 Å². The maximum absolute atomic E-state index is 11.4. The molecule has 2 fully saturated rings. The Kier molecular flexibility index (Phi) is 4.42. The van der Waals surface area contributed by atoms with E-state index in [9.17, 15) is 9.90 Å². The van der Waals surface area contributed by atoms with Gasteiger partial charge in [-0.1, -0.05) is 0 Å². The SMILES string of the molecule is COCO[C@@H]1[C@H]2[C@@H](C[C@@]1(C)OCOC)OC(=O)[C@@H]2O. The maximum atomic E-state index is 11.4. The first-order chi connectivity index (χ1) is 9.03. The summed E-state index contributed by atoms with van der Waals surface area (Å²) in [7, 11) is 3.03. The van der Waals surface area contributed by atoms with Crippen molar-refractivity contribution in [1.29, 1.82) is 0 Å². The van der Waals surface area contributed by atoms with Gasteiger partial charge in [-0.05, 0) is 6.92 Å². The van der Waals surface area contributed by atoms with Crippen molar-refractivity contribution in [3.8, 4) is 0 Å². The molecule has 5 atom stereocenters. The van der Waals surface area contributed by atoms with Crippen molar-refractivity contribution in [2.45, 2.75) is 37.3 Å². The van der Waals surface area contributed by atoms with Gasteiger partial charge in [0.15, 0.2) is 6.10 Å². The van der Waals surface area contributed by atoms with E-state index in [1.807, 2.05) is 6.92 Å². The molecular formula is C12H20O7. The Morgan fingerprint density at radius 2 is 2.05 bits per heavy atom. The van der Waals surface area contributed by atoms with Gasteiger partial charge in [0.25, 0.3) is 0 Å². The highest BCUT2D eigenvalue weighted by atomic mass is 16.7. The Labute approximate surface area is 111 Å². The Morgan fingerprint density at radius 1 is 1.37 bits per heavy atom. The molecule has 0 spiro atoms. The lowest BCUT2D eigenvalue weighted by molar-refractivity contribution is -0.204. The van der Waals surface area contributed by atoms with Crippen molar-refractivity contribution in [2.24, 2.45) is 5.92 Å². The molecule has 1 aliphatic heterocycles. The quantitative estimate of drug-likeness (QED) is 0.525. The second kappa shape index (κ2) is 5.72. The fraction of sp³-hybridized carbons (Fsp3) is 0.917. The number of carbonyl (C=O) groups excluding carboxylic acids is 1. The second-order valence-electron chi connectivity index (χ2n) is 5.06. The van der Waals surface area contributed by atoms with E-state index in [1.54, 1.807) is 0 Å². The minimum absolute atomic E-state index is 0.0563. The number of hydrogen-bond acceptors (Lipinski definition) is 7. The van der Waals surface area contributed by atoms with Gasteiger partial charge in [-0.3, -0.25) is 0 Å². The van der Waals surface area contributed by atoms with Crippen molar-refractivity contribution in [2.75, 3.05) is 27.8 Å². The van der Waals surface area contributed by atoms with Crippen LogP contribution in [0.3, 0.4) is 0 Å². The van der Waals surface area contributed by atoms with Crippen LogP contribution in [0.1, 0.15) is 13.3 Å². The number of hydrogen-bond donors (Lipinski definition) is 1. The molecule has 1 aliphatic carbocycles. The van der Waals surface area contributed by atoms with E-state index in [2.05, 4.69) is 0 Å². The molecule has 110 valence electrons. The van der Waals surface area contributed by atoms with Crippen LogP contribution in [0.15, 0.2) is 0 Å². The van der Waals surface area contributed by atoms with Crippen LogP contribution in [0, 0.1) is 5.92 Å². The van der Waals surface area contributed by atoms with Gasteiger partial charge in [0, 0.05) is 20.6 Å². The van der Waals surface area contributed by atoms with E-state index < -0.39 is 35.8 Å². The molecule has 0 aromatic carbocycles. The molecule has 7 heteroatoms. The van der Waals surface area contributed by atoms with Crippen LogP contribution in [-0.4, -0.2) is 62.8 Å². The number of esters is 1. The zero-order chi connectivity index (χ0) is 14.0. The van der Waals surface area contributed by atoms with Gasteiger partial charge < -0.3 is 28.8 Å². The average Bonchev–Trinajstić information content (AvgIpc) is 2.79. The molecule has 2 aliphatic rings. The largest absolute Gasteiger partial charge is 0.460 e. The van der Waals surface area contributed by atoms with Crippen molar-refractivity contribution < 1.29 is 33.6 Å². The zero-order valence-electron chi connectivity index (χ0n) is 11.3. The van der Waals surface area contributed by atoms with Crippen LogP contribution >= 0.6 is 0 Å². The monoisotopic (exact) mass is 276 g/mol. The van der Waals surface area contributed by atoms with Gasteiger partial charge in [-0.15, -0.1) is 0 Å². The summed E-state index contributed by atoms with van der Waals surface area (Å²) in [5.41, 5.74) is -0.689. The van der Waals surface area contributed by atoms with Crippen LogP contribution in [0.25, 0.3) is 0 Å². The van der Waals surface area contributed by atoms with E-state index in [1.165, 1.54) is 14.2 Å². The topological polar surface area (TPSA) is 83.5 Å². The van der Waals surface area contributed by atoms with Gasteiger partial charge in [0.1, 0.15) is 19.7 Å². The standard InChI is InChI=1S/C12H20O7/c1-12(18-6-16-3)4-7-8(9(13)11(14)19-7)10(12)17-5-15-2/h7-10,13H,4-6H2,1-3H3/t7-,8+,9-,10-,12-/m1/s1. The predicted octanol–water partition coefficient (Wildman–Crippen LogP) is -0.339. The highest BCUT2D eigenvalue weighted by Gasteiger charge is 2.62. The molecule has 1 N–H and O–H groups in total. The van der Waals surface area contributed by atoms with Gasteiger partial charge in [0.2, 0.25) is 0 Å². The molecular weight excluding hydrogens is 256 g/mol. The molecule has 19 heavy (non-hydrogen) atoms. The average molecular weight is 276 g/mol. The second-order valence-corrected chi connectivity index (χ2v) is 5.06. The number of fused-ring (bicyclic) bond motifs is 1. The van der Waals surface area contributed by atoms with E-state index >= 15 is 0 Å². The minimum atomic E-state index is -1.18. The van der Waals surface area contributed by atoms with Crippen molar-refractivity contribution in [1.82, 2.24) is 0 Å². The molecule has 0 aromatic heterocycles. The summed E-state index contributed by atoms with van der Waals surface area (Å²) in [6, 6.07) is 0. The van der Waals surface area contributed by atoms with Crippen molar-refractivity contribution in [3.05, 3.63) is 0 Å². The van der Waals surface area contributed by atoms with Gasteiger partial charge in [-0.25, -0.2) is 4.79 Å². The Bertz CT molecular complexity index is 334. The smallest absolute Gasteiger partial charge is 0.335 e. The fourth-order valence-electron chi connectivity index (χ4n) is 2.88. The fourth-order valence-corrected chi connectivity index (χ4v) is 2.88. The first-order valence-corrected chi connectivity index (χ1v) is 6.15. The summed E-state index contributed by atoms with van der Waals surface area (Å²) in [4.78, 5) is 11.4. The summed E-state index contributed by atoms with van der Waals surface area (Å²) < 4.78 is 26.2. The molecule has 0 unspecified atom stereocenters. The van der Waals surface area contributed by atoms with Crippen LogP contribution in [0.5, 0.6) is 0 Å². The molecule has 0 radical (unpaired) electrons. The highest BCUT2D eigenvalue weighted by molar-refractivity contribution is 5.77. The highest BCUT2D eigenvalue weighted by Crippen LogP contribution is 2.46. The summed E-state index contributed by atoms with van der Waals surface area (Å²) in [5, 5.41) is 9.91. The van der Waals surface area contributed by atoms with E-state index in [0.29, 0.717) is 6.42 Å². The van der Waals surface area contributed by atoms with Gasteiger partial charge >= 0.3 is 5.97 Å². The summed E-state index contributed by atoms with van der Waals surface area (Å²) in [6.45, 7) is 2.01. The molecule has 2 rings (SSSR count). The van der Waals surface area contributed by atoms with Crippen LogP contribution in [0.4, 0.5) is 0 Å². The molecule has 1 saturated heterocycles. The van der Waals surface area contributed by atoms with Crippen molar-refractivity contribution in [3.63, 3.8) is 0 Å². The van der Waals surface area contributed by atoms with Crippen LogP contribution < -0.4 is 0 Å². The third-order valence-electron chi connectivity index (χ3n) is 3.73. The first kappa shape index (κ1) is 14.7. The van der Waals surface area contributed by atoms with Crippen molar-refractivity contribution >= 4 is 5.97 Å². The lowest BCUT2D eigenvalue weighted by Crippen LogP contribution is -2.46. The lowest BCUT2D eigenvalue weighted by Gasteiger charge is -2.33. The molecule has 7 nitrogen and oxygen atoms in total. The number of aliphatic hydroxyl groups excluding tert-OH is 1. The first-order valence-electron chi connectivity index (χ1n) is 6.15. The molecule has 0 aromatic rings. The predicted molar refractivity (Wildman–Crippen MR) is 62.1 cm³/mol. The summed E-state index contributed by atoms with van der Waals surface area (Å²) in [5.74, 6) is -1.04. The number of carbonyl (C=O) groups is 1. The molecule has 0 bridgehead atoms. The number of rotatable bonds is 6. The lowest BCUT2D eigenvalue weighted by atomic mass is 9.94. The molecule has 1 saturated carbocycles. The van der Waals surface area contributed by atoms with Gasteiger partial charge in [-0.2, -0.15) is 0 Å². The van der Waals surface area contributed by atoms with E-state index in [4.69, 9.17) is 23.7 Å².